The minimum Gasteiger partial charge on any atom is -0.468 e. The van der Waals surface area contributed by atoms with Crippen LogP contribution in [0.1, 0.15) is 65.2 Å². The molecule has 0 saturated heterocycles. The maximum Gasteiger partial charge on any atom is 0.326 e. The molecule has 0 aromatic heterocycles. The van der Waals surface area contributed by atoms with Gasteiger partial charge in [0, 0.05) is 6.04 Å². The van der Waals surface area contributed by atoms with Crippen molar-refractivity contribution in [1.82, 2.24) is 5.32 Å². The molecule has 1 aliphatic carbocycles. The van der Waals surface area contributed by atoms with E-state index < -0.39 is 5.54 Å². The van der Waals surface area contributed by atoms with Crippen LogP contribution >= 0.6 is 0 Å². The summed E-state index contributed by atoms with van der Waals surface area (Å²) in [6, 6.07) is 0.505. The zero-order chi connectivity index (χ0) is 12.7. The number of hydrogen-bond acceptors (Lipinski definition) is 3. The van der Waals surface area contributed by atoms with Crippen LogP contribution in [0.5, 0.6) is 0 Å². The molecule has 0 aromatic rings. The third-order valence-corrected chi connectivity index (χ3v) is 3.97. The lowest BCUT2D eigenvalue weighted by molar-refractivity contribution is -0.149. The Balaban J connectivity index is 2.69. The van der Waals surface area contributed by atoms with Crippen LogP contribution in [-0.4, -0.2) is 24.7 Å². The second kappa shape index (κ2) is 7.00. The van der Waals surface area contributed by atoms with Gasteiger partial charge in [0.1, 0.15) is 5.54 Å². The predicted molar refractivity (Wildman–Crippen MR) is 70.0 cm³/mol. The highest BCUT2D eigenvalue weighted by Crippen LogP contribution is 2.26. The van der Waals surface area contributed by atoms with Gasteiger partial charge in [-0.1, -0.05) is 39.5 Å². The number of nitrogens with one attached hydrogen (secondary N) is 1. The summed E-state index contributed by atoms with van der Waals surface area (Å²) in [5.74, 6) is -0.0830. The second-order valence-corrected chi connectivity index (χ2v) is 5.16. The molecule has 1 aliphatic rings. The van der Waals surface area contributed by atoms with Gasteiger partial charge in [0.25, 0.3) is 0 Å². The lowest BCUT2D eigenvalue weighted by Gasteiger charge is -2.34. The maximum absolute atomic E-state index is 12.1. The molecule has 3 heteroatoms. The van der Waals surface area contributed by atoms with E-state index in [0.717, 1.165) is 25.7 Å². The molecule has 17 heavy (non-hydrogen) atoms. The van der Waals surface area contributed by atoms with Gasteiger partial charge >= 0.3 is 5.97 Å². The number of carbonyl (C=O) groups excluding carboxylic acids is 1. The van der Waals surface area contributed by atoms with E-state index in [9.17, 15) is 4.79 Å². The topological polar surface area (TPSA) is 38.3 Å². The second-order valence-electron chi connectivity index (χ2n) is 5.16. The Labute approximate surface area is 105 Å². The van der Waals surface area contributed by atoms with Gasteiger partial charge in [-0.05, 0) is 25.7 Å². The molecule has 1 unspecified atom stereocenters. The monoisotopic (exact) mass is 241 g/mol. The smallest absolute Gasteiger partial charge is 0.326 e. The standard InChI is InChI=1S/C14H27NO2/c1-4-6-11-14(5-2,13(16)17-3)15-12-9-7-8-10-12/h12,15H,4-11H2,1-3H3. The molecule has 0 bridgehead atoms. The number of rotatable bonds is 7. The summed E-state index contributed by atoms with van der Waals surface area (Å²) in [5.41, 5.74) is -0.445. The SMILES string of the molecule is CCCCC(CC)(NC1CCCC1)C(=O)OC. The Kier molecular flexibility index (Phi) is 5.96. The third kappa shape index (κ3) is 3.70. The molecule has 1 atom stereocenters. The number of ether oxygens (including phenoxy) is 1. The maximum atomic E-state index is 12.1. The van der Waals surface area contributed by atoms with E-state index in [2.05, 4.69) is 19.2 Å². The van der Waals surface area contributed by atoms with Crippen LogP contribution in [0.4, 0.5) is 0 Å². The number of unbranched alkanes of at least 4 members (excludes halogenated alkanes) is 1. The summed E-state index contributed by atoms with van der Waals surface area (Å²) in [5, 5.41) is 3.59. The highest BCUT2D eigenvalue weighted by atomic mass is 16.5. The van der Waals surface area contributed by atoms with Gasteiger partial charge in [-0.15, -0.1) is 0 Å². The molecule has 0 aromatic carbocycles. The van der Waals surface area contributed by atoms with Crippen molar-refractivity contribution in [3.05, 3.63) is 0 Å². The van der Waals surface area contributed by atoms with Gasteiger partial charge in [0.2, 0.25) is 0 Å². The van der Waals surface area contributed by atoms with E-state index in [1.54, 1.807) is 0 Å². The highest BCUT2D eigenvalue weighted by molar-refractivity contribution is 5.80. The fraction of sp³-hybridized carbons (Fsp3) is 0.929. The van der Waals surface area contributed by atoms with Crippen LogP contribution < -0.4 is 5.32 Å². The Morgan fingerprint density at radius 3 is 2.47 bits per heavy atom. The molecular weight excluding hydrogens is 214 g/mol. The average molecular weight is 241 g/mol. The number of hydrogen-bond donors (Lipinski definition) is 1. The van der Waals surface area contributed by atoms with E-state index in [4.69, 9.17) is 4.74 Å². The van der Waals surface area contributed by atoms with Crippen LogP contribution in [0.2, 0.25) is 0 Å². The normalized spacial score (nSPS) is 20.2. The lowest BCUT2D eigenvalue weighted by atomic mass is 9.88. The number of methoxy groups -OCH3 is 1. The molecule has 0 spiro atoms. The minimum atomic E-state index is -0.445. The number of esters is 1. The van der Waals surface area contributed by atoms with Crippen molar-refractivity contribution >= 4 is 5.97 Å². The largest absolute Gasteiger partial charge is 0.468 e. The fourth-order valence-electron chi connectivity index (χ4n) is 2.79. The van der Waals surface area contributed by atoms with Gasteiger partial charge in [-0.3, -0.25) is 10.1 Å². The van der Waals surface area contributed by atoms with Crippen LogP contribution in [0, 0.1) is 0 Å². The van der Waals surface area contributed by atoms with E-state index in [1.165, 1.54) is 32.8 Å². The van der Waals surface area contributed by atoms with Crippen molar-refractivity contribution in [3.63, 3.8) is 0 Å². The van der Waals surface area contributed by atoms with Gasteiger partial charge < -0.3 is 4.74 Å². The predicted octanol–water partition coefficient (Wildman–Crippen LogP) is 3.03. The van der Waals surface area contributed by atoms with Crippen molar-refractivity contribution in [2.45, 2.75) is 76.8 Å². The van der Waals surface area contributed by atoms with Crippen molar-refractivity contribution in [2.24, 2.45) is 0 Å². The molecule has 1 rings (SSSR count). The minimum absolute atomic E-state index is 0.0830. The lowest BCUT2D eigenvalue weighted by Crippen LogP contribution is -2.55. The van der Waals surface area contributed by atoms with Crippen molar-refractivity contribution in [1.29, 1.82) is 0 Å². The first-order valence-corrected chi connectivity index (χ1v) is 7.04. The molecule has 100 valence electrons. The Morgan fingerprint density at radius 2 is 2.00 bits per heavy atom. The first-order chi connectivity index (χ1) is 8.18. The summed E-state index contributed by atoms with van der Waals surface area (Å²) >= 11 is 0. The van der Waals surface area contributed by atoms with Crippen molar-refractivity contribution in [2.75, 3.05) is 7.11 Å². The van der Waals surface area contributed by atoms with Gasteiger partial charge in [0.05, 0.1) is 7.11 Å². The summed E-state index contributed by atoms with van der Waals surface area (Å²) in [4.78, 5) is 12.1. The van der Waals surface area contributed by atoms with E-state index in [1.807, 2.05) is 0 Å². The van der Waals surface area contributed by atoms with Crippen LogP contribution in [0.15, 0.2) is 0 Å². The van der Waals surface area contributed by atoms with Crippen LogP contribution in [0.25, 0.3) is 0 Å². The van der Waals surface area contributed by atoms with Gasteiger partial charge in [-0.2, -0.15) is 0 Å². The number of carbonyl (C=O) groups is 1. The van der Waals surface area contributed by atoms with Crippen molar-refractivity contribution in [3.8, 4) is 0 Å². The summed E-state index contributed by atoms with van der Waals surface area (Å²) in [6.07, 6.45) is 8.86. The van der Waals surface area contributed by atoms with Gasteiger partial charge in [-0.25, -0.2) is 0 Å². The zero-order valence-corrected chi connectivity index (χ0v) is 11.6. The Morgan fingerprint density at radius 1 is 1.35 bits per heavy atom. The molecule has 1 saturated carbocycles. The zero-order valence-electron chi connectivity index (χ0n) is 11.6. The van der Waals surface area contributed by atoms with E-state index in [0.29, 0.717) is 6.04 Å². The summed E-state index contributed by atoms with van der Waals surface area (Å²) in [6.45, 7) is 4.24. The molecule has 1 N–H and O–H groups in total. The fourth-order valence-corrected chi connectivity index (χ4v) is 2.79. The average Bonchev–Trinajstić information content (AvgIpc) is 2.86. The molecule has 0 amide bonds. The molecule has 3 nitrogen and oxygen atoms in total. The Bertz CT molecular complexity index is 236. The molecule has 1 fully saturated rings. The summed E-state index contributed by atoms with van der Waals surface area (Å²) < 4.78 is 5.01. The molecule has 0 radical (unpaired) electrons. The van der Waals surface area contributed by atoms with Gasteiger partial charge in [0.15, 0.2) is 0 Å². The third-order valence-electron chi connectivity index (χ3n) is 3.97. The molecule has 0 heterocycles. The Hall–Kier alpha value is -0.570. The first-order valence-electron chi connectivity index (χ1n) is 7.04. The quantitative estimate of drug-likeness (QED) is 0.696. The van der Waals surface area contributed by atoms with Crippen LogP contribution in [-0.2, 0) is 9.53 Å². The summed E-state index contributed by atoms with van der Waals surface area (Å²) in [7, 11) is 1.50. The van der Waals surface area contributed by atoms with Crippen LogP contribution in [0.3, 0.4) is 0 Å². The molecule has 0 aliphatic heterocycles. The van der Waals surface area contributed by atoms with E-state index in [-0.39, 0.29) is 5.97 Å². The van der Waals surface area contributed by atoms with E-state index >= 15 is 0 Å². The molecular formula is C14H27NO2. The first kappa shape index (κ1) is 14.5. The highest BCUT2D eigenvalue weighted by Gasteiger charge is 2.39. The van der Waals surface area contributed by atoms with Crippen molar-refractivity contribution < 1.29 is 9.53 Å².